The molecular weight excluding hydrogens is 863 g/mol. The zero-order valence-corrected chi connectivity index (χ0v) is 26.0. The molecule has 4 atom stereocenters. The summed E-state index contributed by atoms with van der Waals surface area (Å²) in [5.74, 6) is 1.59. The molecule has 0 radical (unpaired) electrons. The highest BCUT2D eigenvalue weighted by atomic mass is 79.9. The van der Waals surface area contributed by atoms with Gasteiger partial charge in [0, 0.05) is 26.5 Å². The molecule has 4 unspecified atom stereocenters. The van der Waals surface area contributed by atoms with Gasteiger partial charge in [0.25, 0.3) is 0 Å². The Morgan fingerprint density at radius 2 is 1.19 bits per heavy atom. The molecule has 26 heavy (non-hydrogen) atoms. The fourth-order valence-corrected chi connectivity index (χ4v) is 8.86. The molecule has 0 aromatic heterocycles. The summed E-state index contributed by atoms with van der Waals surface area (Å²) in [5.41, 5.74) is 0. The van der Waals surface area contributed by atoms with E-state index in [1.165, 1.54) is 0 Å². The lowest BCUT2D eigenvalue weighted by Gasteiger charge is -2.37. The zero-order valence-electron chi connectivity index (χ0n) is 13.3. The number of halogens is 8. The van der Waals surface area contributed by atoms with Crippen molar-refractivity contribution in [2.75, 3.05) is 10.7 Å². The molecule has 0 fully saturated rings. The normalized spacial score (nSPS) is 35.7. The molecule has 0 bridgehead atoms. The molecule has 146 valence electrons. The Labute approximate surface area is 221 Å². The second kappa shape index (κ2) is 10.1. The van der Waals surface area contributed by atoms with Crippen molar-refractivity contribution < 1.29 is 9.47 Å². The summed E-state index contributed by atoms with van der Waals surface area (Å²) in [6.45, 7) is 1.88. The van der Waals surface area contributed by atoms with E-state index < -0.39 is 6.29 Å². The van der Waals surface area contributed by atoms with E-state index >= 15 is 0 Å². The highest BCUT2D eigenvalue weighted by molar-refractivity contribution is 9.16. The third-order valence-corrected chi connectivity index (χ3v) is 16.2. The summed E-state index contributed by atoms with van der Waals surface area (Å²) in [7, 11) is 0. The van der Waals surface area contributed by atoms with Crippen molar-refractivity contribution in [3.8, 4) is 0 Å². The van der Waals surface area contributed by atoms with Gasteiger partial charge in [0.15, 0.2) is 0 Å². The maximum atomic E-state index is 6.08. The van der Waals surface area contributed by atoms with Crippen LogP contribution in [0.25, 0.3) is 0 Å². The molecule has 0 heterocycles. The first-order valence-electron chi connectivity index (χ1n) is 7.37. The van der Waals surface area contributed by atoms with Gasteiger partial charge in [0.2, 0.25) is 6.29 Å². The lowest BCUT2D eigenvalue weighted by Crippen LogP contribution is -2.40. The predicted octanol–water partition coefficient (Wildman–Crippen LogP) is 8.30. The Balaban J connectivity index is 2.11. The van der Waals surface area contributed by atoms with E-state index in [1.54, 1.807) is 0 Å². The molecular formula is C16H14Br8O2. The number of ether oxygens (including phenoxy) is 2. The average molecular weight is 878 g/mol. The second-order valence-electron chi connectivity index (χ2n) is 5.69. The average Bonchev–Trinajstić information content (AvgIpc) is 2.62. The molecule has 0 aliphatic heterocycles. The van der Waals surface area contributed by atoms with Crippen LogP contribution in [0.1, 0.15) is 6.92 Å². The molecule has 0 spiro atoms. The Hall–Kier alpha value is 2.40. The minimum atomic E-state index is -0.456. The number of rotatable bonds is 6. The first-order chi connectivity index (χ1) is 12.1. The maximum absolute atomic E-state index is 6.08. The fourth-order valence-electron chi connectivity index (χ4n) is 2.32. The van der Waals surface area contributed by atoms with Gasteiger partial charge in [0.05, 0.1) is 18.3 Å². The van der Waals surface area contributed by atoms with Gasteiger partial charge in [-0.3, -0.25) is 0 Å². The third kappa shape index (κ3) is 4.99. The topological polar surface area (TPSA) is 18.5 Å². The monoisotopic (exact) mass is 869 g/mol. The Kier molecular flexibility index (Phi) is 9.62. The third-order valence-electron chi connectivity index (χ3n) is 3.88. The van der Waals surface area contributed by atoms with Gasteiger partial charge >= 0.3 is 0 Å². The molecule has 0 saturated carbocycles. The molecule has 2 nitrogen and oxygen atoms in total. The molecule has 2 rings (SSSR count). The minimum absolute atomic E-state index is 0.0493. The van der Waals surface area contributed by atoms with Gasteiger partial charge in [-0.2, -0.15) is 0 Å². The minimum Gasteiger partial charge on any atom is -0.458 e. The van der Waals surface area contributed by atoms with Crippen LogP contribution in [-0.2, 0) is 9.47 Å². The molecule has 0 aromatic rings. The van der Waals surface area contributed by atoms with Crippen molar-refractivity contribution in [2.24, 2.45) is 0 Å². The van der Waals surface area contributed by atoms with Crippen molar-refractivity contribution in [3.05, 3.63) is 44.8 Å². The van der Waals surface area contributed by atoms with Crippen LogP contribution in [0, 0.1) is 0 Å². The van der Waals surface area contributed by atoms with Crippen molar-refractivity contribution >= 4 is 127 Å². The lowest BCUT2D eigenvalue weighted by atomic mass is 10.0. The Morgan fingerprint density at radius 1 is 0.846 bits per heavy atom. The van der Waals surface area contributed by atoms with Crippen LogP contribution in [0.4, 0.5) is 0 Å². The predicted molar refractivity (Wildman–Crippen MR) is 138 cm³/mol. The second-order valence-corrected chi connectivity index (χ2v) is 13.2. The van der Waals surface area contributed by atoms with Gasteiger partial charge < -0.3 is 9.47 Å². The molecule has 2 aliphatic carbocycles. The van der Waals surface area contributed by atoms with Crippen molar-refractivity contribution in [1.82, 2.24) is 0 Å². The van der Waals surface area contributed by atoms with Crippen LogP contribution in [0.3, 0.4) is 0 Å². The fraction of sp³-hybridized carbons (Fsp3) is 0.500. The van der Waals surface area contributed by atoms with Crippen molar-refractivity contribution in [2.45, 2.75) is 31.5 Å². The molecule has 2 aliphatic rings. The quantitative estimate of drug-likeness (QED) is 0.198. The highest BCUT2D eigenvalue weighted by Crippen LogP contribution is 2.48. The molecule has 0 N–H and O–H groups in total. The van der Waals surface area contributed by atoms with Crippen molar-refractivity contribution in [3.63, 3.8) is 0 Å². The molecule has 0 amide bonds. The van der Waals surface area contributed by atoms with E-state index in [0.717, 1.165) is 20.5 Å². The van der Waals surface area contributed by atoms with Crippen molar-refractivity contribution in [1.29, 1.82) is 0 Å². The summed E-state index contributed by atoms with van der Waals surface area (Å²) < 4.78 is 13.6. The SMILES string of the molecule is CC(OC1=CC=C(Br)C(Br)(CBr)C1Br)OC1=CC=C(Br)C(Br)(CBr)C1Br. The number of hydrogen-bond acceptors (Lipinski definition) is 2. The first-order valence-corrected chi connectivity index (χ1v) is 14.6. The van der Waals surface area contributed by atoms with Gasteiger partial charge in [-0.1, -0.05) is 127 Å². The summed E-state index contributed by atoms with van der Waals surface area (Å²) in [6, 6.07) is 0. The van der Waals surface area contributed by atoms with Gasteiger partial charge in [-0.05, 0) is 24.3 Å². The van der Waals surface area contributed by atoms with E-state index in [0.29, 0.717) is 10.7 Å². The smallest absolute Gasteiger partial charge is 0.237 e. The van der Waals surface area contributed by atoms with E-state index in [-0.39, 0.29) is 18.3 Å². The van der Waals surface area contributed by atoms with E-state index in [2.05, 4.69) is 127 Å². The van der Waals surface area contributed by atoms with E-state index in [4.69, 9.17) is 9.47 Å². The zero-order chi connectivity index (χ0) is 19.7. The summed E-state index contributed by atoms with van der Waals surface area (Å²) >= 11 is 29.3. The van der Waals surface area contributed by atoms with Gasteiger partial charge in [0.1, 0.15) is 11.5 Å². The van der Waals surface area contributed by atoms with E-state index in [1.807, 2.05) is 31.2 Å². The largest absolute Gasteiger partial charge is 0.458 e. The standard InChI is InChI=1S/C16H14Br8O2/c1-8(25-9-2-4-11(19)15(23,6-17)13(9)21)26-10-3-5-12(20)16(24,7-18)14(10)22/h2-5,8,13-14H,6-7H2,1H3. The lowest BCUT2D eigenvalue weighted by molar-refractivity contribution is -0.0758. The number of alkyl halides is 6. The van der Waals surface area contributed by atoms with Crippen LogP contribution in [-0.4, -0.2) is 35.3 Å². The van der Waals surface area contributed by atoms with Crippen LogP contribution in [0.15, 0.2) is 44.8 Å². The van der Waals surface area contributed by atoms with E-state index in [9.17, 15) is 0 Å². The van der Waals surface area contributed by atoms with Crippen LogP contribution in [0.2, 0.25) is 0 Å². The number of allylic oxidation sites excluding steroid dienone is 8. The maximum Gasteiger partial charge on any atom is 0.237 e. The number of hydrogen-bond donors (Lipinski definition) is 0. The van der Waals surface area contributed by atoms with Crippen LogP contribution >= 0.6 is 127 Å². The van der Waals surface area contributed by atoms with Gasteiger partial charge in [-0.25, -0.2) is 0 Å². The summed E-state index contributed by atoms with van der Waals surface area (Å²) in [5, 5.41) is 1.43. The highest BCUT2D eigenvalue weighted by Gasteiger charge is 2.44. The molecule has 0 aromatic carbocycles. The Morgan fingerprint density at radius 3 is 1.50 bits per heavy atom. The Bertz CT molecular complexity index is 617. The van der Waals surface area contributed by atoms with Gasteiger partial charge in [-0.15, -0.1) is 0 Å². The molecule has 0 saturated heterocycles. The summed E-state index contributed by atoms with van der Waals surface area (Å²) in [4.78, 5) is -0.0986. The van der Waals surface area contributed by atoms with Crippen LogP contribution < -0.4 is 0 Å². The summed E-state index contributed by atoms with van der Waals surface area (Å²) in [6.07, 6.45) is 7.39. The first kappa shape index (κ1) is 24.7. The molecule has 10 heteroatoms. The van der Waals surface area contributed by atoms with Crippen LogP contribution in [0.5, 0.6) is 0 Å².